The first-order valence-corrected chi connectivity index (χ1v) is 11.9. The predicted octanol–water partition coefficient (Wildman–Crippen LogP) is 5.74. The van der Waals surface area contributed by atoms with Crippen LogP contribution in [0.3, 0.4) is 0 Å². The van der Waals surface area contributed by atoms with Gasteiger partial charge in [-0.15, -0.1) is 0 Å². The van der Waals surface area contributed by atoms with E-state index in [1.54, 1.807) is 7.11 Å². The Bertz CT molecular complexity index is 1290. The van der Waals surface area contributed by atoms with Crippen LogP contribution in [0.15, 0.2) is 65.7 Å². The zero-order chi connectivity index (χ0) is 24.4. The van der Waals surface area contributed by atoms with E-state index in [0.29, 0.717) is 31.1 Å². The van der Waals surface area contributed by atoms with Crippen molar-refractivity contribution in [3.8, 4) is 17.2 Å². The number of rotatable bonds is 2. The largest absolute Gasteiger partial charge is 0.495 e. The molecule has 5 rings (SSSR count). The van der Waals surface area contributed by atoms with Crippen molar-refractivity contribution in [2.24, 2.45) is 4.99 Å². The number of amidine groups is 1. The molecule has 3 aromatic carbocycles. The van der Waals surface area contributed by atoms with Gasteiger partial charge in [0, 0.05) is 26.2 Å². The summed E-state index contributed by atoms with van der Waals surface area (Å²) in [4.78, 5) is 22.3. The molecule has 7 heteroatoms. The molecule has 2 aliphatic rings. The van der Waals surface area contributed by atoms with Crippen LogP contribution >= 0.6 is 0 Å². The van der Waals surface area contributed by atoms with Gasteiger partial charge >= 0.3 is 6.03 Å². The standard InChI is InChI=1S/C28H30N4O3/c1-19-10-12-24-21(17-19)27(29-23-11-9-20(2)18-26(23)35-24)31-13-6-14-32(16-15-31)28(33)30-22-7-4-5-8-25(22)34-3/h4-5,7-12,17-18H,6,13-16H2,1-3H3,(H,30,33). The van der Waals surface area contributed by atoms with Crippen molar-refractivity contribution < 1.29 is 14.3 Å². The van der Waals surface area contributed by atoms with Crippen LogP contribution in [0.5, 0.6) is 17.2 Å². The molecule has 0 spiro atoms. The lowest BCUT2D eigenvalue weighted by atomic mass is 10.1. The summed E-state index contributed by atoms with van der Waals surface area (Å²) in [6.07, 6.45) is 0.834. The number of aryl methyl sites for hydroxylation is 2. The fourth-order valence-corrected chi connectivity index (χ4v) is 4.51. The predicted molar refractivity (Wildman–Crippen MR) is 138 cm³/mol. The van der Waals surface area contributed by atoms with Crippen LogP contribution in [0, 0.1) is 13.8 Å². The average molecular weight is 471 g/mol. The number of benzene rings is 3. The zero-order valence-corrected chi connectivity index (χ0v) is 20.4. The number of carbonyl (C=O) groups excluding carboxylic acids is 1. The van der Waals surface area contributed by atoms with Crippen LogP contribution in [0.25, 0.3) is 0 Å². The average Bonchev–Trinajstić information content (AvgIpc) is 3.19. The third-order valence-corrected chi connectivity index (χ3v) is 6.37. The summed E-state index contributed by atoms with van der Waals surface area (Å²) >= 11 is 0. The van der Waals surface area contributed by atoms with Crippen LogP contribution < -0.4 is 14.8 Å². The maximum atomic E-state index is 13.1. The Morgan fingerprint density at radius 3 is 2.60 bits per heavy atom. The lowest BCUT2D eigenvalue weighted by Crippen LogP contribution is -2.39. The highest BCUT2D eigenvalue weighted by Crippen LogP contribution is 2.39. The van der Waals surface area contributed by atoms with E-state index < -0.39 is 0 Å². The maximum absolute atomic E-state index is 13.1. The SMILES string of the molecule is COc1ccccc1NC(=O)N1CCCN(C2=Nc3ccc(C)cc3Oc3ccc(C)cc32)CC1. The lowest BCUT2D eigenvalue weighted by Gasteiger charge is -2.25. The fourth-order valence-electron chi connectivity index (χ4n) is 4.51. The van der Waals surface area contributed by atoms with Crippen molar-refractivity contribution >= 4 is 23.2 Å². The summed E-state index contributed by atoms with van der Waals surface area (Å²) in [5.74, 6) is 3.09. The topological polar surface area (TPSA) is 66.4 Å². The molecule has 0 atom stereocenters. The monoisotopic (exact) mass is 470 g/mol. The molecule has 2 heterocycles. The number of nitrogens with zero attached hydrogens (tertiary/aromatic N) is 3. The summed E-state index contributed by atoms with van der Waals surface area (Å²) < 4.78 is 11.7. The molecule has 0 saturated carbocycles. The molecule has 1 fully saturated rings. The Balaban J connectivity index is 1.40. The molecule has 0 aromatic heterocycles. The Kier molecular flexibility index (Phi) is 6.31. The van der Waals surface area contributed by atoms with Crippen molar-refractivity contribution in [3.63, 3.8) is 0 Å². The second-order valence-corrected chi connectivity index (χ2v) is 8.97. The third kappa shape index (κ3) is 4.80. The van der Waals surface area contributed by atoms with E-state index in [-0.39, 0.29) is 6.03 Å². The van der Waals surface area contributed by atoms with Crippen molar-refractivity contribution in [1.29, 1.82) is 0 Å². The number of carbonyl (C=O) groups is 1. The van der Waals surface area contributed by atoms with Gasteiger partial charge in [-0.2, -0.15) is 0 Å². The second kappa shape index (κ2) is 9.70. The van der Waals surface area contributed by atoms with Crippen LogP contribution in [-0.2, 0) is 0 Å². The molecule has 1 saturated heterocycles. The van der Waals surface area contributed by atoms with Gasteiger partial charge in [-0.1, -0.05) is 29.8 Å². The Morgan fingerprint density at radius 2 is 1.74 bits per heavy atom. The highest BCUT2D eigenvalue weighted by atomic mass is 16.5. The molecule has 2 aliphatic heterocycles. The van der Waals surface area contributed by atoms with E-state index in [1.165, 1.54) is 0 Å². The minimum absolute atomic E-state index is 0.125. The smallest absolute Gasteiger partial charge is 0.322 e. The molecule has 0 unspecified atom stereocenters. The van der Waals surface area contributed by atoms with Gasteiger partial charge in [0.05, 0.1) is 18.4 Å². The molecular formula is C28H30N4O3. The van der Waals surface area contributed by atoms with Gasteiger partial charge in [-0.25, -0.2) is 9.79 Å². The number of fused-ring (bicyclic) bond motifs is 2. The number of urea groups is 1. The van der Waals surface area contributed by atoms with Crippen LogP contribution in [-0.4, -0.2) is 55.0 Å². The van der Waals surface area contributed by atoms with Crippen LogP contribution in [0.1, 0.15) is 23.1 Å². The first-order chi connectivity index (χ1) is 17.0. The number of para-hydroxylation sites is 2. The highest BCUT2D eigenvalue weighted by molar-refractivity contribution is 6.04. The molecule has 0 radical (unpaired) electrons. The number of aliphatic imine (C=N–C) groups is 1. The lowest BCUT2D eigenvalue weighted by molar-refractivity contribution is 0.214. The van der Waals surface area contributed by atoms with Crippen molar-refractivity contribution in [2.75, 3.05) is 38.6 Å². The normalized spacial score (nSPS) is 15.1. The van der Waals surface area contributed by atoms with Crippen LogP contribution in [0.2, 0.25) is 0 Å². The number of hydrogen-bond acceptors (Lipinski definition) is 5. The Morgan fingerprint density at radius 1 is 0.943 bits per heavy atom. The van der Waals surface area contributed by atoms with Crippen molar-refractivity contribution in [3.05, 3.63) is 77.4 Å². The van der Waals surface area contributed by atoms with Gasteiger partial charge in [-0.3, -0.25) is 0 Å². The van der Waals surface area contributed by atoms with Crippen molar-refractivity contribution in [2.45, 2.75) is 20.3 Å². The summed E-state index contributed by atoms with van der Waals surface area (Å²) in [5, 5.41) is 3.00. The number of amides is 2. The van der Waals surface area contributed by atoms with Gasteiger partial charge < -0.3 is 24.6 Å². The molecule has 7 nitrogen and oxygen atoms in total. The maximum Gasteiger partial charge on any atom is 0.322 e. The minimum atomic E-state index is -0.125. The van der Waals surface area contributed by atoms with E-state index >= 15 is 0 Å². The molecule has 35 heavy (non-hydrogen) atoms. The molecular weight excluding hydrogens is 440 g/mol. The van der Waals surface area contributed by atoms with Crippen molar-refractivity contribution in [1.82, 2.24) is 9.80 Å². The second-order valence-electron chi connectivity index (χ2n) is 8.97. The molecule has 0 aliphatic carbocycles. The number of anilines is 1. The van der Waals surface area contributed by atoms with Crippen LogP contribution in [0.4, 0.5) is 16.2 Å². The molecule has 0 bridgehead atoms. The number of hydrogen-bond donors (Lipinski definition) is 1. The number of methoxy groups -OCH3 is 1. The summed E-state index contributed by atoms with van der Waals surface area (Å²) in [5.41, 5.74) is 4.74. The Labute approximate surface area is 206 Å². The summed E-state index contributed by atoms with van der Waals surface area (Å²) in [7, 11) is 1.60. The van der Waals surface area contributed by atoms with Gasteiger partial charge in [0.25, 0.3) is 0 Å². The van der Waals surface area contributed by atoms with Gasteiger partial charge in [0.1, 0.15) is 23.0 Å². The van der Waals surface area contributed by atoms with Gasteiger partial charge in [0.15, 0.2) is 5.75 Å². The highest BCUT2D eigenvalue weighted by Gasteiger charge is 2.26. The molecule has 1 N–H and O–H groups in total. The third-order valence-electron chi connectivity index (χ3n) is 6.37. The molecule has 180 valence electrons. The summed E-state index contributed by atoms with van der Waals surface area (Å²) in [6, 6.07) is 19.6. The van der Waals surface area contributed by atoms with E-state index in [9.17, 15) is 4.79 Å². The number of ether oxygens (including phenoxy) is 2. The first-order valence-electron chi connectivity index (χ1n) is 11.9. The molecule has 2 amide bonds. The molecule has 3 aromatic rings. The van der Waals surface area contributed by atoms with E-state index in [0.717, 1.165) is 52.7 Å². The fraction of sp³-hybridized carbons (Fsp3) is 0.286. The van der Waals surface area contributed by atoms with E-state index in [2.05, 4.69) is 42.3 Å². The van der Waals surface area contributed by atoms with E-state index in [1.807, 2.05) is 47.4 Å². The minimum Gasteiger partial charge on any atom is -0.495 e. The first kappa shape index (κ1) is 22.8. The summed E-state index contributed by atoms with van der Waals surface area (Å²) in [6.45, 7) is 6.85. The van der Waals surface area contributed by atoms with Gasteiger partial charge in [0.2, 0.25) is 0 Å². The zero-order valence-electron chi connectivity index (χ0n) is 20.4. The number of nitrogens with one attached hydrogen (secondary N) is 1. The Hall–Kier alpha value is -4.00. The quantitative estimate of drug-likeness (QED) is 0.519. The van der Waals surface area contributed by atoms with Gasteiger partial charge in [-0.05, 0) is 62.2 Å². The van der Waals surface area contributed by atoms with E-state index in [4.69, 9.17) is 14.5 Å².